The van der Waals surface area contributed by atoms with E-state index in [0.29, 0.717) is 12.2 Å². The number of rotatable bonds is 4. The van der Waals surface area contributed by atoms with Gasteiger partial charge in [0.2, 0.25) is 0 Å². The van der Waals surface area contributed by atoms with Gasteiger partial charge in [0.25, 0.3) is 0 Å². The number of nitrogens with zero attached hydrogens (tertiary/aromatic N) is 1. The molecule has 0 aliphatic rings. The van der Waals surface area contributed by atoms with Gasteiger partial charge in [-0.2, -0.15) is 0 Å². The van der Waals surface area contributed by atoms with Crippen molar-refractivity contribution >= 4 is 44.6 Å². The summed E-state index contributed by atoms with van der Waals surface area (Å²) in [5.41, 5.74) is 7.45. The average molecular weight is 341 g/mol. The van der Waals surface area contributed by atoms with Crippen molar-refractivity contribution in [2.75, 3.05) is 17.7 Å². The molecule has 1 aromatic heterocycles. The van der Waals surface area contributed by atoms with Crippen LogP contribution in [-0.4, -0.2) is 18.1 Å². The lowest BCUT2D eigenvalue weighted by molar-refractivity contribution is 0.0697. The Morgan fingerprint density at radius 2 is 2.21 bits per heavy atom. The number of carbonyl (C=O) groups is 1. The predicted molar refractivity (Wildman–Crippen MR) is 81.9 cm³/mol. The second-order valence-corrected chi connectivity index (χ2v) is 6.08. The summed E-state index contributed by atoms with van der Waals surface area (Å²) in [6, 6.07) is 6.77. The van der Waals surface area contributed by atoms with Gasteiger partial charge in [-0.25, -0.2) is 4.79 Å². The summed E-state index contributed by atoms with van der Waals surface area (Å²) in [6.45, 7) is 0.684. The highest BCUT2D eigenvalue weighted by molar-refractivity contribution is 9.10. The van der Waals surface area contributed by atoms with Gasteiger partial charge in [0.15, 0.2) is 0 Å². The fourth-order valence-corrected chi connectivity index (χ4v) is 3.27. The monoisotopic (exact) mass is 340 g/mol. The molecular formula is C13H13BrN2O2S. The molecule has 0 spiro atoms. The molecule has 3 N–H and O–H groups in total. The first kappa shape index (κ1) is 13.9. The maximum atomic E-state index is 11.0. The van der Waals surface area contributed by atoms with Crippen molar-refractivity contribution in [2.45, 2.75) is 6.54 Å². The van der Waals surface area contributed by atoms with E-state index in [1.165, 1.54) is 10.9 Å². The largest absolute Gasteiger partial charge is 0.478 e. The summed E-state index contributed by atoms with van der Waals surface area (Å²) in [5.74, 6) is -0.950. The standard InChI is InChI=1S/C13H13BrN2O2S/c1-16(6-10-5-9(14)7-19-10)12-4-8(13(17)18)2-3-11(12)15/h2-5,7H,6,15H2,1H3,(H,17,18). The molecule has 0 amide bonds. The number of nitrogen functional groups attached to an aromatic ring is 1. The molecule has 6 heteroatoms. The summed E-state index contributed by atoms with van der Waals surface area (Å²) < 4.78 is 1.05. The molecule has 0 radical (unpaired) electrons. The van der Waals surface area contributed by atoms with Gasteiger partial charge in [0, 0.05) is 21.8 Å². The molecule has 0 unspecified atom stereocenters. The van der Waals surface area contributed by atoms with Crippen molar-refractivity contribution < 1.29 is 9.90 Å². The van der Waals surface area contributed by atoms with Gasteiger partial charge in [0.05, 0.1) is 23.5 Å². The van der Waals surface area contributed by atoms with Crippen LogP contribution in [0.5, 0.6) is 0 Å². The van der Waals surface area contributed by atoms with E-state index in [2.05, 4.69) is 15.9 Å². The Labute approximate surface area is 123 Å². The lowest BCUT2D eigenvalue weighted by atomic mass is 10.1. The molecule has 0 atom stereocenters. The van der Waals surface area contributed by atoms with Gasteiger partial charge in [-0.15, -0.1) is 11.3 Å². The number of aromatic carboxylic acids is 1. The topological polar surface area (TPSA) is 66.6 Å². The molecule has 2 rings (SSSR count). The number of benzene rings is 1. The fraction of sp³-hybridized carbons (Fsp3) is 0.154. The number of carboxylic acids is 1. The van der Waals surface area contributed by atoms with Crippen molar-refractivity contribution in [3.8, 4) is 0 Å². The van der Waals surface area contributed by atoms with Gasteiger partial charge in [-0.1, -0.05) is 0 Å². The SMILES string of the molecule is CN(Cc1cc(Br)cs1)c1cc(C(=O)O)ccc1N. The van der Waals surface area contributed by atoms with Crippen LogP contribution in [0.4, 0.5) is 11.4 Å². The maximum Gasteiger partial charge on any atom is 0.335 e. The highest BCUT2D eigenvalue weighted by Crippen LogP contribution is 2.27. The maximum absolute atomic E-state index is 11.0. The van der Waals surface area contributed by atoms with Crippen LogP contribution in [0.25, 0.3) is 0 Å². The summed E-state index contributed by atoms with van der Waals surface area (Å²) in [7, 11) is 1.89. The number of hydrogen-bond acceptors (Lipinski definition) is 4. The lowest BCUT2D eigenvalue weighted by Gasteiger charge is -2.20. The third-order valence-corrected chi connectivity index (χ3v) is 4.39. The predicted octanol–water partition coefficient (Wildman–Crippen LogP) is 3.43. The molecular weight excluding hydrogens is 328 g/mol. The minimum absolute atomic E-state index is 0.239. The molecule has 0 bridgehead atoms. The van der Waals surface area contributed by atoms with Gasteiger partial charge in [-0.05, 0) is 40.2 Å². The molecule has 0 fully saturated rings. The zero-order valence-electron chi connectivity index (χ0n) is 10.3. The fourth-order valence-electron chi connectivity index (χ4n) is 1.76. The van der Waals surface area contributed by atoms with Crippen LogP contribution < -0.4 is 10.6 Å². The van der Waals surface area contributed by atoms with E-state index in [9.17, 15) is 4.79 Å². The van der Waals surface area contributed by atoms with E-state index >= 15 is 0 Å². The van der Waals surface area contributed by atoms with Crippen LogP contribution in [-0.2, 0) is 6.54 Å². The Bertz CT molecular complexity index is 612. The first-order valence-corrected chi connectivity index (χ1v) is 7.21. The number of nitrogens with two attached hydrogens (primary N) is 1. The van der Waals surface area contributed by atoms with Gasteiger partial charge >= 0.3 is 5.97 Å². The van der Waals surface area contributed by atoms with Gasteiger partial charge in [0.1, 0.15) is 0 Å². The van der Waals surface area contributed by atoms with Crippen molar-refractivity contribution in [1.29, 1.82) is 0 Å². The molecule has 0 saturated carbocycles. The zero-order chi connectivity index (χ0) is 14.0. The normalized spacial score (nSPS) is 10.4. The van der Waals surface area contributed by atoms with Gasteiger partial charge in [-0.3, -0.25) is 0 Å². The van der Waals surface area contributed by atoms with Crippen molar-refractivity contribution in [2.24, 2.45) is 0 Å². The van der Waals surface area contributed by atoms with Gasteiger partial charge < -0.3 is 15.7 Å². The number of hydrogen-bond donors (Lipinski definition) is 2. The van der Waals surface area contributed by atoms with E-state index in [1.807, 2.05) is 23.4 Å². The number of anilines is 2. The molecule has 1 heterocycles. The minimum atomic E-state index is -0.950. The van der Waals surface area contributed by atoms with Crippen LogP contribution in [0.15, 0.2) is 34.1 Å². The van der Waals surface area contributed by atoms with Crippen LogP contribution in [0.2, 0.25) is 0 Å². The van der Waals surface area contributed by atoms with E-state index in [1.54, 1.807) is 23.5 Å². The summed E-state index contributed by atoms with van der Waals surface area (Å²) in [4.78, 5) is 14.1. The molecule has 4 nitrogen and oxygen atoms in total. The summed E-state index contributed by atoms with van der Waals surface area (Å²) in [5, 5.41) is 11.0. The third kappa shape index (κ3) is 3.27. The summed E-state index contributed by atoms with van der Waals surface area (Å²) in [6.07, 6.45) is 0. The van der Waals surface area contributed by atoms with E-state index in [4.69, 9.17) is 10.8 Å². The number of carboxylic acid groups (broad SMARTS) is 1. The molecule has 0 aliphatic carbocycles. The average Bonchev–Trinajstić information content (AvgIpc) is 2.74. The van der Waals surface area contributed by atoms with Crippen molar-refractivity contribution in [3.05, 3.63) is 44.6 Å². The molecule has 0 aliphatic heterocycles. The Morgan fingerprint density at radius 1 is 1.47 bits per heavy atom. The van der Waals surface area contributed by atoms with Crippen molar-refractivity contribution in [3.63, 3.8) is 0 Å². The van der Waals surface area contributed by atoms with E-state index < -0.39 is 5.97 Å². The van der Waals surface area contributed by atoms with Crippen molar-refractivity contribution in [1.82, 2.24) is 0 Å². The smallest absolute Gasteiger partial charge is 0.335 e. The zero-order valence-corrected chi connectivity index (χ0v) is 12.7. The van der Waals surface area contributed by atoms with Crippen LogP contribution in [0.1, 0.15) is 15.2 Å². The highest BCUT2D eigenvalue weighted by atomic mass is 79.9. The lowest BCUT2D eigenvalue weighted by Crippen LogP contribution is -2.17. The van der Waals surface area contributed by atoms with Crippen LogP contribution >= 0.6 is 27.3 Å². The Kier molecular flexibility index (Phi) is 4.11. The second kappa shape index (κ2) is 5.63. The van der Waals surface area contributed by atoms with Crippen LogP contribution in [0.3, 0.4) is 0 Å². The molecule has 1 aromatic carbocycles. The molecule has 19 heavy (non-hydrogen) atoms. The second-order valence-electron chi connectivity index (χ2n) is 4.17. The molecule has 0 saturated heterocycles. The molecule has 2 aromatic rings. The number of thiophene rings is 1. The summed E-state index contributed by atoms with van der Waals surface area (Å²) >= 11 is 5.06. The Morgan fingerprint density at radius 3 is 2.79 bits per heavy atom. The first-order chi connectivity index (χ1) is 8.97. The first-order valence-electron chi connectivity index (χ1n) is 5.54. The van der Waals surface area contributed by atoms with Crippen LogP contribution in [0, 0.1) is 0 Å². The Balaban J connectivity index is 2.25. The minimum Gasteiger partial charge on any atom is -0.478 e. The number of halogens is 1. The van der Waals surface area contributed by atoms with E-state index in [-0.39, 0.29) is 5.56 Å². The Hall–Kier alpha value is -1.53. The molecule has 100 valence electrons. The third-order valence-electron chi connectivity index (χ3n) is 2.70. The van der Waals surface area contributed by atoms with E-state index in [0.717, 1.165) is 10.2 Å². The quantitative estimate of drug-likeness (QED) is 0.836. The highest BCUT2D eigenvalue weighted by Gasteiger charge is 2.11.